The summed E-state index contributed by atoms with van der Waals surface area (Å²) in [5.41, 5.74) is 8.06. The van der Waals surface area contributed by atoms with Crippen LogP contribution in [0.15, 0.2) is 47.5 Å². The molecule has 0 saturated heterocycles. The quantitative estimate of drug-likeness (QED) is 0.784. The number of halogens is 1. The number of nitrogens with zero attached hydrogens (tertiary/aromatic N) is 2. The fourth-order valence-corrected chi connectivity index (χ4v) is 2.41. The molecule has 0 atom stereocenters. The first-order valence-corrected chi connectivity index (χ1v) is 6.54. The average molecular weight is 283 g/mol. The van der Waals surface area contributed by atoms with Gasteiger partial charge in [0.25, 0.3) is 5.56 Å². The molecule has 5 heteroatoms. The van der Waals surface area contributed by atoms with E-state index in [9.17, 15) is 9.18 Å². The van der Waals surface area contributed by atoms with Crippen molar-refractivity contribution in [1.82, 2.24) is 9.55 Å². The SMILES string of the molecule is Cn1c(=O)ccc2cc(-c3cncc(CN)c3)cc(F)c21. The van der Waals surface area contributed by atoms with Gasteiger partial charge in [-0.2, -0.15) is 0 Å². The highest BCUT2D eigenvalue weighted by Crippen LogP contribution is 2.26. The molecule has 2 N–H and O–H groups in total. The number of hydrogen-bond acceptors (Lipinski definition) is 3. The highest BCUT2D eigenvalue weighted by Gasteiger charge is 2.09. The topological polar surface area (TPSA) is 60.9 Å². The lowest BCUT2D eigenvalue weighted by Crippen LogP contribution is -2.16. The molecule has 0 fully saturated rings. The summed E-state index contributed by atoms with van der Waals surface area (Å²) in [6, 6.07) is 8.20. The lowest BCUT2D eigenvalue weighted by atomic mass is 10.0. The molecule has 2 heterocycles. The first-order valence-electron chi connectivity index (χ1n) is 6.54. The minimum Gasteiger partial charge on any atom is -0.326 e. The Hall–Kier alpha value is -2.53. The Bertz CT molecular complexity index is 886. The standard InChI is InChI=1S/C16H14FN3O/c1-20-15(21)3-2-11-5-12(6-14(17)16(11)20)13-4-10(7-18)8-19-9-13/h2-6,8-9H,7,18H2,1H3. The van der Waals surface area contributed by atoms with Crippen LogP contribution in [0.5, 0.6) is 0 Å². The van der Waals surface area contributed by atoms with Crippen molar-refractivity contribution in [1.29, 1.82) is 0 Å². The minimum atomic E-state index is -0.430. The second-order valence-corrected chi connectivity index (χ2v) is 4.91. The van der Waals surface area contributed by atoms with Gasteiger partial charge in [0.05, 0.1) is 5.52 Å². The Balaban J connectivity index is 2.26. The zero-order chi connectivity index (χ0) is 15.0. The van der Waals surface area contributed by atoms with E-state index in [1.54, 1.807) is 25.5 Å². The van der Waals surface area contributed by atoms with Crippen LogP contribution in [-0.4, -0.2) is 9.55 Å². The van der Waals surface area contributed by atoms with Gasteiger partial charge >= 0.3 is 0 Å². The second-order valence-electron chi connectivity index (χ2n) is 4.91. The van der Waals surface area contributed by atoms with Crippen molar-refractivity contribution in [3.8, 4) is 11.1 Å². The van der Waals surface area contributed by atoms with E-state index >= 15 is 0 Å². The maximum atomic E-state index is 14.4. The molecule has 2 aromatic heterocycles. The Morgan fingerprint density at radius 2 is 2.00 bits per heavy atom. The van der Waals surface area contributed by atoms with Crippen LogP contribution in [0.2, 0.25) is 0 Å². The molecule has 0 amide bonds. The number of hydrogen-bond donors (Lipinski definition) is 1. The van der Waals surface area contributed by atoms with Crippen LogP contribution >= 0.6 is 0 Å². The van der Waals surface area contributed by atoms with Crippen LogP contribution in [-0.2, 0) is 13.6 Å². The zero-order valence-corrected chi connectivity index (χ0v) is 11.5. The van der Waals surface area contributed by atoms with Crippen LogP contribution < -0.4 is 11.3 Å². The molecule has 0 aliphatic heterocycles. The third-order valence-electron chi connectivity index (χ3n) is 3.53. The third-order valence-corrected chi connectivity index (χ3v) is 3.53. The molecular formula is C16H14FN3O. The van der Waals surface area contributed by atoms with Crippen molar-refractivity contribution < 1.29 is 4.39 Å². The zero-order valence-electron chi connectivity index (χ0n) is 11.5. The van der Waals surface area contributed by atoms with Crippen LogP contribution in [0, 0.1) is 5.82 Å². The number of aromatic nitrogens is 2. The summed E-state index contributed by atoms with van der Waals surface area (Å²) in [6.07, 6.45) is 3.35. The molecule has 0 bridgehead atoms. The van der Waals surface area contributed by atoms with E-state index < -0.39 is 5.82 Å². The van der Waals surface area contributed by atoms with Crippen LogP contribution in [0.3, 0.4) is 0 Å². The third kappa shape index (κ3) is 2.32. The Kier molecular flexibility index (Phi) is 3.27. The normalized spacial score (nSPS) is 11.0. The Labute approximate surface area is 120 Å². The summed E-state index contributed by atoms with van der Waals surface area (Å²) >= 11 is 0. The van der Waals surface area contributed by atoms with E-state index in [1.807, 2.05) is 12.1 Å². The molecule has 0 spiro atoms. The Morgan fingerprint density at radius 1 is 1.19 bits per heavy atom. The van der Waals surface area contributed by atoms with Gasteiger partial charge in [-0.05, 0) is 35.4 Å². The second kappa shape index (κ2) is 5.10. The first kappa shape index (κ1) is 13.5. The van der Waals surface area contributed by atoms with Crippen LogP contribution in [0.1, 0.15) is 5.56 Å². The van der Waals surface area contributed by atoms with Crippen molar-refractivity contribution in [3.63, 3.8) is 0 Å². The molecule has 0 aliphatic rings. The molecule has 0 saturated carbocycles. The van der Waals surface area contributed by atoms with Crippen LogP contribution in [0.25, 0.3) is 22.0 Å². The minimum absolute atomic E-state index is 0.235. The van der Waals surface area contributed by atoms with Crippen molar-refractivity contribution in [3.05, 3.63) is 64.5 Å². The van der Waals surface area contributed by atoms with Gasteiger partial charge in [0.2, 0.25) is 0 Å². The largest absolute Gasteiger partial charge is 0.326 e. The van der Waals surface area contributed by atoms with Gasteiger partial charge in [0, 0.05) is 43.0 Å². The number of fused-ring (bicyclic) bond motifs is 1. The predicted octanol–water partition coefficient (Wildman–Crippen LogP) is 2.20. The molecule has 21 heavy (non-hydrogen) atoms. The molecule has 3 aromatic rings. The van der Waals surface area contributed by atoms with Crippen molar-refractivity contribution >= 4 is 10.9 Å². The smallest absolute Gasteiger partial charge is 0.250 e. The fraction of sp³-hybridized carbons (Fsp3) is 0.125. The van der Waals surface area contributed by atoms with E-state index in [1.165, 1.54) is 16.7 Å². The van der Waals surface area contributed by atoms with Gasteiger partial charge in [0.1, 0.15) is 5.82 Å². The molecule has 3 rings (SSSR count). The predicted molar refractivity (Wildman–Crippen MR) is 80.3 cm³/mol. The molecule has 1 aromatic carbocycles. The number of pyridine rings is 2. The summed E-state index contributed by atoms with van der Waals surface area (Å²) in [5.74, 6) is -0.430. The van der Waals surface area contributed by atoms with Crippen molar-refractivity contribution in [2.75, 3.05) is 0 Å². The van der Waals surface area contributed by atoms with Gasteiger partial charge in [-0.3, -0.25) is 9.78 Å². The highest BCUT2D eigenvalue weighted by molar-refractivity contribution is 5.85. The Morgan fingerprint density at radius 3 is 2.76 bits per heavy atom. The number of aryl methyl sites for hydroxylation is 1. The van der Waals surface area contributed by atoms with Gasteiger partial charge in [-0.1, -0.05) is 0 Å². The van der Waals surface area contributed by atoms with Gasteiger partial charge in [0.15, 0.2) is 0 Å². The van der Waals surface area contributed by atoms with Crippen LogP contribution in [0.4, 0.5) is 4.39 Å². The average Bonchev–Trinajstić information content (AvgIpc) is 2.50. The van der Waals surface area contributed by atoms with E-state index in [-0.39, 0.29) is 5.56 Å². The monoisotopic (exact) mass is 283 g/mol. The molecule has 0 unspecified atom stereocenters. The van der Waals surface area contributed by atoms with E-state index in [0.717, 1.165) is 11.1 Å². The summed E-state index contributed by atoms with van der Waals surface area (Å²) < 4.78 is 15.7. The lowest BCUT2D eigenvalue weighted by Gasteiger charge is -2.09. The fourth-order valence-electron chi connectivity index (χ4n) is 2.41. The van der Waals surface area contributed by atoms with Gasteiger partial charge < -0.3 is 10.3 Å². The molecular weight excluding hydrogens is 269 g/mol. The van der Waals surface area contributed by atoms with Crippen molar-refractivity contribution in [2.24, 2.45) is 12.8 Å². The van der Waals surface area contributed by atoms with Crippen molar-refractivity contribution in [2.45, 2.75) is 6.54 Å². The first-order chi connectivity index (χ1) is 10.1. The van der Waals surface area contributed by atoms with E-state index in [4.69, 9.17) is 5.73 Å². The summed E-state index contributed by atoms with van der Waals surface area (Å²) in [7, 11) is 1.56. The summed E-state index contributed by atoms with van der Waals surface area (Å²) in [5, 5.41) is 0.672. The van der Waals surface area contributed by atoms with Gasteiger partial charge in [-0.25, -0.2) is 4.39 Å². The van der Waals surface area contributed by atoms with E-state index in [2.05, 4.69) is 4.98 Å². The summed E-state index contributed by atoms with van der Waals surface area (Å²) in [6.45, 7) is 0.380. The van der Waals surface area contributed by atoms with Gasteiger partial charge in [-0.15, -0.1) is 0 Å². The molecule has 0 radical (unpaired) electrons. The molecule has 106 valence electrons. The number of benzene rings is 1. The maximum absolute atomic E-state index is 14.4. The number of nitrogens with two attached hydrogens (primary N) is 1. The van der Waals surface area contributed by atoms with E-state index in [0.29, 0.717) is 23.0 Å². The summed E-state index contributed by atoms with van der Waals surface area (Å²) in [4.78, 5) is 15.7. The lowest BCUT2D eigenvalue weighted by molar-refractivity contribution is 0.630. The maximum Gasteiger partial charge on any atom is 0.250 e. The molecule has 4 nitrogen and oxygen atoms in total. The highest BCUT2D eigenvalue weighted by atomic mass is 19.1. The number of rotatable bonds is 2. The molecule has 0 aliphatic carbocycles.